The molecule has 6 heteroatoms. The van der Waals surface area contributed by atoms with Crippen LogP contribution in [0.4, 0.5) is 0 Å². The lowest BCUT2D eigenvalue weighted by atomic mass is 9.80. The normalized spacial score (nSPS) is 10.9. The summed E-state index contributed by atoms with van der Waals surface area (Å²) in [4.78, 5) is 8.88. The average molecular weight is 295 g/mol. The van der Waals surface area contributed by atoms with E-state index >= 15 is 0 Å². The van der Waals surface area contributed by atoms with Crippen molar-refractivity contribution in [2.45, 2.75) is 6.61 Å². The number of para-hydroxylation sites is 1. The Morgan fingerprint density at radius 2 is 1.73 bits per heavy atom. The molecule has 0 amide bonds. The van der Waals surface area contributed by atoms with E-state index in [1.165, 1.54) is 0 Å². The quantitative estimate of drug-likeness (QED) is 0.386. The van der Waals surface area contributed by atoms with Crippen molar-refractivity contribution < 1.29 is 20.2 Å². The van der Waals surface area contributed by atoms with Crippen molar-refractivity contribution >= 4 is 23.5 Å². The second kappa shape index (κ2) is 6.25. The molecule has 0 bridgehead atoms. The van der Waals surface area contributed by atoms with E-state index in [-0.39, 0.29) is 6.61 Å². The molecular formula is C16H14BNO4. The number of aromatic nitrogens is 1. The predicted octanol–water partition coefficient (Wildman–Crippen LogP) is 1.57. The van der Waals surface area contributed by atoms with Crippen LogP contribution in [-0.2, 0) is 11.5 Å². The van der Waals surface area contributed by atoms with Gasteiger partial charge in [0.05, 0.1) is 11.2 Å². The topological polar surface area (TPSA) is 82.8 Å². The molecule has 1 heterocycles. The summed E-state index contributed by atoms with van der Waals surface area (Å²) in [5, 5.41) is 28.0. The Hall–Kier alpha value is -2.25. The van der Waals surface area contributed by atoms with Crippen LogP contribution in [0.5, 0.6) is 0 Å². The van der Waals surface area contributed by atoms with Gasteiger partial charge in [0.15, 0.2) is 0 Å². The summed E-state index contributed by atoms with van der Waals surface area (Å²) < 4.78 is 0. The molecule has 0 spiro atoms. The molecule has 5 nitrogen and oxygen atoms in total. The summed E-state index contributed by atoms with van der Waals surface area (Å²) in [7, 11) is -1.49. The maximum absolute atomic E-state index is 9.14. The third-order valence-corrected chi connectivity index (χ3v) is 3.53. The molecule has 22 heavy (non-hydrogen) atoms. The van der Waals surface area contributed by atoms with Crippen molar-refractivity contribution in [3.05, 3.63) is 60.2 Å². The molecule has 0 aliphatic heterocycles. The minimum atomic E-state index is -1.49. The molecule has 0 saturated carbocycles. The largest absolute Gasteiger partial charge is 0.488 e. The fourth-order valence-corrected chi connectivity index (χ4v) is 2.41. The van der Waals surface area contributed by atoms with E-state index in [0.717, 1.165) is 27.7 Å². The zero-order valence-electron chi connectivity index (χ0n) is 11.7. The first-order valence-corrected chi connectivity index (χ1v) is 6.80. The van der Waals surface area contributed by atoms with Gasteiger partial charge in [-0.15, -0.1) is 0 Å². The summed E-state index contributed by atoms with van der Waals surface area (Å²) in [6.07, 6.45) is 0. The van der Waals surface area contributed by atoms with Crippen LogP contribution in [0.15, 0.2) is 54.6 Å². The Balaban J connectivity index is 2.10. The highest BCUT2D eigenvalue weighted by Gasteiger charge is 2.12. The first-order valence-electron chi connectivity index (χ1n) is 6.80. The first kappa shape index (κ1) is 14.7. The fraction of sp³-hybridized carbons (Fsp3) is 0.0625. The molecule has 3 N–H and O–H groups in total. The highest BCUT2D eigenvalue weighted by atomic mass is 17.1. The highest BCUT2D eigenvalue weighted by molar-refractivity contribution is 6.58. The summed E-state index contributed by atoms with van der Waals surface area (Å²) in [6.45, 7) is 0.0729. The van der Waals surface area contributed by atoms with Gasteiger partial charge in [0.1, 0.15) is 6.61 Å². The van der Waals surface area contributed by atoms with Gasteiger partial charge in [-0.1, -0.05) is 42.5 Å². The number of pyridine rings is 1. The van der Waals surface area contributed by atoms with Gasteiger partial charge in [-0.05, 0) is 23.2 Å². The van der Waals surface area contributed by atoms with Crippen LogP contribution in [0.25, 0.3) is 22.2 Å². The lowest BCUT2D eigenvalue weighted by molar-refractivity contribution is -0.252. The number of fused-ring (bicyclic) bond motifs is 1. The lowest BCUT2D eigenvalue weighted by Gasteiger charge is -2.09. The van der Waals surface area contributed by atoms with E-state index < -0.39 is 7.12 Å². The Bertz CT molecular complexity index is 790. The van der Waals surface area contributed by atoms with Gasteiger partial charge in [0.2, 0.25) is 0 Å². The summed E-state index contributed by atoms with van der Waals surface area (Å²) in [6, 6.07) is 16.3. The molecule has 3 aromatic rings. The van der Waals surface area contributed by atoms with Crippen molar-refractivity contribution in [3.8, 4) is 11.3 Å². The van der Waals surface area contributed by atoms with Crippen molar-refractivity contribution in [1.29, 1.82) is 0 Å². The first-order chi connectivity index (χ1) is 10.7. The average Bonchev–Trinajstić information content (AvgIpc) is 2.55. The number of hydrogen-bond acceptors (Lipinski definition) is 5. The van der Waals surface area contributed by atoms with Crippen LogP contribution in [0.3, 0.4) is 0 Å². The monoisotopic (exact) mass is 295 g/mol. The molecule has 0 unspecified atom stereocenters. The third-order valence-electron chi connectivity index (χ3n) is 3.53. The van der Waals surface area contributed by atoms with Crippen LogP contribution in [0.2, 0.25) is 0 Å². The number of rotatable bonds is 4. The zero-order chi connectivity index (χ0) is 15.5. The zero-order valence-corrected chi connectivity index (χ0v) is 11.7. The molecular weight excluding hydrogens is 281 g/mol. The van der Waals surface area contributed by atoms with Crippen LogP contribution in [0.1, 0.15) is 5.56 Å². The van der Waals surface area contributed by atoms with Gasteiger partial charge in [-0.3, -0.25) is 5.26 Å². The van der Waals surface area contributed by atoms with Crippen LogP contribution in [0, 0.1) is 0 Å². The van der Waals surface area contributed by atoms with Gasteiger partial charge in [-0.2, -0.15) is 0 Å². The van der Waals surface area contributed by atoms with Gasteiger partial charge < -0.3 is 10.0 Å². The Morgan fingerprint density at radius 1 is 1.00 bits per heavy atom. The highest BCUT2D eigenvalue weighted by Crippen LogP contribution is 2.24. The SMILES string of the molecule is OOCc1cc(-c2ccc(B(O)O)cc2)nc2ccccc12. The molecule has 0 aliphatic carbocycles. The lowest BCUT2D eigenvalue weighted by Crippen LogP contribution is -2.29. The molecule has 0 radical (unpaired) electrons. The summed E-state index contributed by atoms with van der Waals surface area (Å²) in [5.41, 5.74) is 3.62. The van der Waals surface area contributed by atoms with Crippen molar-refractivity contribution in [3.63, 3.8) is 0 Å². The van der Waals surface area contributed by atoms with Crippen molar-refractivity contribution in [2.75, 3.05) is 0 Å². The molecule has 3 rings (SSSR count). The Labute approximate surface area is 127 Å². The molecule has 2 aromatic carbocycles. The van der Waals surface area contributed by atoms with E-state index in [1.807, 2.05) is 30.3 Å². The van der Waals surface area contributed by atoms with Crippen molar-refractivity contribution in [1.82, 2.24) is 4.98 Å². The standard InChI is InChI=1S/C16H14BNO4/c19-17(20)13-7-5-11(6-8-13)16-9-12(10-22-21)14-3-1-2-4-15(14)18-16/h1-9,19-21H,10H2. The van der Waals surface area contributed by atoms with Crippen molar-refractivity contribution in [2.24, 2.45) is 0 Å². The Morgan fingerprint density at radius 3 is 2.41 bits per heavy atom. The van der Waals surface area contributed by atoms with Gasteiger partial charge in [0, 0.05) is 10.9 Å². The fourth-order valence-electron chi connectivity index (χ4n) is 2.41. The number of benzene rings is 2. The molecule has 0 atom stereocenters. The second-order valence-corrected chi connectivity index (χ2v) is 4.95. The van der Waals surface area contributed by atoms with Gasteiger partial charge in [0.25, 0.3) is 0 Å². The summed E-state index contributed by atoms with van der Waals surface area (Å²) in [5.74, 6) is 0. The van der Waals surface area contributed by atoms with Gasteiger partial charge in [-0.25, -0.2) is 9.87 Å². The molecule has 0 aliphatic rings. The maximum Gasteiger partial charge on any atom is 0.488 e. The van der Waals surface area contributed by atoms with E-state index in [9.17, 15) is 0 Å². The molecule has 110 valence electrons. The number of hydrogen-bond donors (Lipinski definition) is 3. The van der Waals surface area contributed by atoms with Crippen LogP contribution in [-0.4, -0.2) is 27.4 Å². The van der Waals surface area contributed by atoms with Crippen LogP contribution >= 0.6 is 0 Å². The smallest absolute Gasteiger partial charge is 0.423 e. The van der Waals surface area contributed by atoms with E-state index in [0.29, 0.717) is 5.46 Å². The van der Waals surface area contributed by atoms with E-state index in [1.54, 1.807) is 24.3 Å². The minimum absolute atomic E-state index is 0.0729. The van der Waals surface area contributed by atoms with Crippen LogP contribution < -0.4 is 5.46 Å². The second-order valence-electron chi connectivity index (χ2n) is 4.95. The molecule has 0 fully saturated rings. The third kappa shape index (κ3) is 2.86. The van der Waals surface area contributed by atoms with E-state index in [4.69, 9.17) is 15.3 Å². The predicted molar refractivity (Wildman–Crippen MR) is 84.4 cm³/mol. The molecule has 0 saturated heterocycles. The maximum atomic E-state index is 9.14. The summed E-state index contributed by atoms with van der Waals surface area (Å²) >= 11 is 0. The molecule has 1 aromatic heterocycles. The number of nitrogens with zero attached hydrogens (tertiary/aromatic N) is 1. The van der Waals surface area contributed by atoms with Gasteiger partial charge >= 0.3 is 7.12 Å². The Kier molecular flexibility index (Phi) is 4.17. The van der Waals surface area contributed by atoms with E-state index in [2.05, 4.69) is 9.87 Å². The minimum Gasteiger partial charge on any atom is -0.423 e.